The number of hydrogen-bond acceptors (Lipinski definition) is 3. The van der Waals surface area contributed by atoms with Crippen LogP contribution < -0.4 is 5.73 Å². The van der Waals surface area contributed by atoms with Crippen LogP contribution in [-0.4, -0.2) is 25.0 Å². The van der Waals surface area contributed by atoms with E-state index in [2.05, 4.69) is 29.5 Å². The van der Waals surface area contributed by atoms with Gasteiger partial charge >= 0.3 is 0 Å². The molecule has 0 amide bonds. The number of thiophene rings is 1. The molecule has 0 radical (unpaired) electrons. The molecule has 0 aliphatic heterocycles. The van der Waals surface area contributed by atoms with Gasteiger partial charge in [-0.1, -0.05) is 35.3 Å². The number of rotatable bonds is 6. The van der Waals surface area contributed by atoms with Crippen molar-refractivity contribution >= 4 is 34.5 Å². The number of benzene rings is 1. The molecule has 0 fully saturated rings. The molecule has 1 aromatic heterocycles. The van der Waals surface area contributed by atoms with Crippen LogP contribution in [0.4, 0.5) is 0 Å². The van der Waals surface area contributed by atoms with Crippen LogP contribution in [0.15, 0.2) is 35.7 Å². The van der Waals surface area contributed by atoms with Crippen LogP contribution in [0.3, 0.4) is 0 Å². The van der Waals surface area contributed by atoms with Crippen LogP contribution in [0.5, 0.6) is 0 Å². The maximum absolute atomic E-state index is 6.28. The summed E-state index contributed by atoms with van der Waals surface area (Å²) in [6, 6.07) is 9.84. The Morgan fingerprint density at radius 1 is 1.20 bits per heavy atom. The van der Waals surface area contributed by atoms with E-state index in [1.54, 1.807) is 11.3 Å². The number of hydrogen-bond donors (Lipinski definition) is 1. The van der Waals surface area contributed by atoms with E-state index in [4.69, 9.17) is 28.9 Å². The standard InChI is InChI=1S/C15H18Cl2N2S/c1-19(8-7-11-4-3-9-20-11)14(10-18)15-12(16)5-2-6-13(15)17/h2-6,9,14H,7-8,10,18H2,1H3. The fourth-order valence-electron chi connectivity index (χ4n) is 2.24. The average Bonchev–Trinajstić information content (AvgIpc) is 2.93. The molecule has 2 nitrogen and oxygen atoms in total. The van der Waals surface area contributed by atoms with E-state index < -0.39 is 0 Å². The van der Waals surface area contributed by atoms with E-state index in [9.17, 15) is 0 Å². The summed E-state index contributed by atoms with van der Waals surface area (Å²) in [5, 5.41) is 3.45. The summed E-state index contributed by atoms with van der Waals surface area (Å²) in [7, 11) is 2.06. The zero-order chi connectivity index (χ0) is 14.5. The van der Waals surface area contributed by atoms with Crippen LogP contribution in [0.25, 0.3) is 0 Å². The molecular formula is C15H18Cl2N2S. The summed E-state index contributed by atoms with van der Waals surface area (Å²) in [5.74, 6) is 0. The molecule has 0 aliphatic carbocycles. The van der Waals surface area contributed by atoms with E-state index in [1.807, 2.05) is 18.2 Å². The van der Waals surface area contributed by atoms with E-state index in [1.165, 1.54) is 4.88 Å². The Morgan fingerprint density at radius 3 is 2.45 bits per heavy atom. The van der Waals surface area contributed by atoms with Crippen LogP contribution >= 0.6 is 34.5 Å². The van der Waals surface area contributed by atoms with Gasteiger partial charge in [0.05, 0.1) is 0 Å². The number of halogens is 2. The van der Waals surface area contributed by atoms with Crippen LogP contribution in [0.1, 0.15) is 16.5 Å². The molecule has 1 atom stereocenters. The summed E-state index contributed by atoms with van der Waals surface area (Å²) in [6.45, 7) is 1.41. The van der Waals surface area contributed by atoms with Gasteiger partial charge in [0.1, 0.15) is 0 Å². The Bertz CT molecular complexity index is 523. The zero-order valence-electron chi connectivity index (χ0n) is 11.4. The third kappa shape index (κ3) is 3.74. The zero-order valence-corrected chi connectivity index (χ0v) is 13.7. The second-order valence-electron chi connectivity index (χ2n) is 4.70. The molecule has 5 heteroatoms. The Labute approximate surface area is 134 Å². The number of likely N-dealkylation sites (N-methyl/N-ethyl adjacent to an activating group) is 1. The molecule has 0 bridgehead atoms. The quantitative estimate of drug-likeness (QED) is 0.859. The molecule has 2 rings (SSSR count). The summed E-state index contributed by atoms with van der Waals surface area (Å²) in [5.41, 5.74) is 6.86. The predicted molar refractivity (Wildman–Crippen MR) is 88.9 cm³/mol. The molecular weight excluding hydrogens is 311 g/mol. The van der Waals surface area contributed by atoms with Gasteiger partial charge in [0.2, 0.25) is 0 Å². The largest absolute Gasteiger partial charge is 0.329 e. The van der Waals surface area contributed by atoms with E-state index >= 15 is 0 Å². The third-order valence-corrected chi connectivity index (χ3v) is 4.97. The SMILES string of the molecule is CN(CCc1cccs1)C(CN)c1c(Cl)cccc1Cl. The molecule has 0 saturated heterocycles. The van der Waals surface area contributed by atoms with Crippen LogP contribution in [-0.2, 0) is 6.42 Å². The summed E-state index contributed by atoms with van der Waals surface area (Å²) in [4.78, 5) is 3.59. The van der Waals surface area contributed by atoms with Crippen molar-refractivity contribution in [2.45, 2.75) is 12.5 Å². The number of nitrogens with zero attached hydrogens (tertiary/aromatic N) is 1. The van der Waals surface area contributed by atoms with Gasteiger partial charge in [-0.3, -0.25) is 4.90 Å². The van der Waals surface area contributed by atoms with E-state index in [0.717, 1.165) is 18.5 Å². The monoisotopic (exact) mass is 328 g/mol. The molecule has 2 aromatic rings. The van der Waals surface area contributed by atoms with E-state index in [-0.39, 0.29) is 6.04 Å². The second kappa shape index (κ2) is 7.43. The lowest BCUT2D eigenvalue weighted by Crippen LogP contribution is -2.32. The third-order valence-electron chi connectivity index (χ3n) is 3.38. The van der Waals surface area contributed by atoms with Gasteiger partial charge in [0.15, 0.2) is 0 Å². The number of nitrogens with two attached hydrogens (primary N) is 1. The van der Waals surface area contributed by atoms with E-state index in [0.29, 0.717) is 16.6 Å². The first kappa shape index (κ1) is 15.8. The Kier molecular flexibility index (Phi) is 5.87. The highest BCUT2D eigenvalue weighted by Crippen LogP contribution is 2.32. The first-order valence-electron chi connectivity index (χ1n) is 6.50. The van der Waals surface area contributed by atoms with Crippen LogP contribution in [0, 0.1) is 0 Å². The maximum atomic E-state index is 6.28. The van der Waals surface area contributed by atoms with Crippen molar-refractivity contribution in [3.8, 4) is 0 Å². The first-order valence-corrected chi connectivity index (χ1v) is 8.13. The Hall–Kier alpha value is -0.580. The van der Waals surface area contributed by atoms with Gasteiger partial charge in [0.25, 0.3) is 0 Å². The molecule has 1 unspecified atom stereocenters. The second-order valence-corrected chi connectivity index (χ2v) is 6.54. The van der Waals surface area contributed by atoms with Crippen molar-refractivity contribution in [2.75, 3.05) is 20.1 Å². The lowest BCUT2D eigenvalue weighted by Gasteiger charge is -2.28. The van der Waals surface area contributed by atoms with Crippen molar-refractivity contribution in [1.29, 1.82) is 0 Å². The molecule has 0 spiro atoms. The summed E-state index contributed by atoms with van der Waals surface area (Å²) >= 11 is 14.3. The fourth-order valence-corrected chi connectivity index (χ4v) is 3.59. The molecule has 20 heavy (non-hydrogen) atoms. The molecule has 1 heterocycles. The highest BCUT2D eigenvalue weighted by molar-refractivity contribution is 7.09. The van der Waals surface area contributed by atoms with Crippen molar-refractivity contribution < 1.29 is 0 Å². The van der Waals surface area contributed by atoms with Gasteiger partial charge in [-0.25, -0.2) is 0 Å². The molecule has 1 aromatic carbocycles. The van der Waals surface area contributed by atoms with Gasteiger partial charge in [-0.05, 0) is 37.0 Å². The Morgan fingerprint density at radius 2 is 1.90 bits per heavy atom. The highest BCUT2D eigenvalue weighted by atomic mass is 35.5. The lowest BCUT2D eigenvalue weighted by molar-refractivity contribution is 0.254. The molecule has 0 saturated carbocycles. The Balaban J connectivity index is 2.11. The van der Waals surface area contributed by atoms with Gasteiger partial charge in [0, 0.05) is 39.6 Å². The molecule has 2 N–H and O–H groups in total. The van der Waals surface area contributed by atoms with Crippen molar-refractivity contribution in [2.24, 2.45) is 5.73 Å². The van der Waals surface area contributed by atoms with Gasteiger partial charge < -0.3 is 5.73 Å². The first-order chi connectivity index (χ1) is 9.63. The van der Waals surface area contributed by atoms with Gasteiger partial charge in [-0.2, -0.15) is 0 Å². The average molecular weight is 329 g/mol. The topological polar surface area (TPSA) is 29.3 Å². The van der Waals surface area contributed by atoms with Crippen molar-refractivity contribution in [1.82, 2.24) is 4.90 Å². The fraction of sp³-hybridized carbons (Fsp3) is 0.333. The van der Waals surface area contributed by atoms with Crippen molar-refractivity contribution in [3.05, 3.63) is 56.2 Å². The summed E-state index contributed by atoms with van der Waals surface area (Å²) < 4.78 is 0. The van der Waals surface area contributed by atoms with Crippen molar-refractivity contribution in [3.63, 3.8) is 0 Å². The minimum absolute atomic E-state index is 0.0381. The smallest absolute Gasteiger partial charge is 0.0497 e. The minimum Gasteiger partial charge on any atom is -0.329 e. The molecule has 0 aliphatic rings. The predicted octanol–water partition coefficient (Wildman–Crippen LogP) is 4.23. The molecule has 108 valence electrons. The lowest BCUT2D eigenvalue weighted by atomic mass is 10.1. The van der Waals surface area contributed by atoms with Gasteiger partial charge in [-0.15, -0.1) is 11.3 Å². The summed E-state index contributed by atoms with van der Waals surface area (Å²) in [6.07, 6.45) is 1.01. The maximum Gasteiger partial charge on any atom is 0.0497 e. The van der Waals surface area contributed by atoms with Crippen LogP contribution in [0.2, 0.25) is 10.0 Å². The normalized spacial score (nSPS) is 12.8. The highest BCUT2D eigenvalue weighted by Gasteiger charge is 2.20. The minimum atomic E-state index is 0.0381.